The van der Waals surface area contributed by atoms with Gasteiger partial charge in [0.25, 0.3) is 0 Å². The van der Waals surface area contributed by atoms with E-state index in [2.05, 4.69) is 10.5 Å². The molecular weight excluding hydrogens is 250 g/mol. The monoisotopic (exact) mass is 267 g/mol. The van der Waals surface area contributed by atoms with Crippen LogP contribution in [0.3, 0.4) is 0 Å². The maximum absolute atomic E-state index is 12.0. The summed E-state index contributed by atoms with van der Waals surface area (Å²) in [5.74, 6) is 0.488. The van der Waals surface area contributed by atoms with Crippen LogP contribution in [-0.2, 0) is 9.53 Å². The summed E-state index contributed by atoms with van der Waals surface area (Å²) in [5, 5.41) is 6.34. The molecule has 19 heavy (non-hydrogen) atoms. The van der Waals surface area contributed by atoms with Crippen LogP contribution in [0.4, 0.5) is 10.6 Å². The molecule has 1 aromatic heterocycles. The molecule has 7 nitrogen and oxygen atoms in total. The van der Waals surface area contributed by atoms with Crippen molar-refractivity contribution in [1.29, 1.82) is 0 Å². The summed E-state index contributed by atoms with van der Waals surface area (Å²) >= 11 is 0. The Balaban J connectivity index is 1.93. The number of hydrogen-bond acceptors (Lipinski definition) is 5. The number of aryl methyl sites for hydroxylation is 1. The van der Waals surface area contributed by atoms with Crippen LogP contribution < -0.4 is 5.32 Å². The van der Waals surface area contributed by atoms with E-state index < -0.39 is 0 Å². The lowest BCUT2D eigenvalue weighted by Gasteiger charge is -2.30. The molecule has 1 unspecified atom stereocenters. The highest BCUT2D eigenvalue weighted by molar-refractivity contribution is 5.88. The van der Waals surface area contributed by atoms with E-state index in [1.165, 1.54) is 7.11 Å². The minimum atomic E-state index is -0.276. The quantitative estimate of drug-likeness (QED) is 0.819. The third kappa shape index (κ3) is 3.24. The Kier molecular flexibility index (Phi) is 4.03. The van der Waals surface area contributed by atoms with Crippen molar-refractivity contribution in [3.63, 3.8) is 0 Å². The molecule has 2 heterocycles. The second kappa shape index (κ2) is 5.73. The fourth-order valence-electron chi connectivity index (χ4n) is 2.13. The van der Waals surface area contributed by atoms with Crippen molar-refractivity contribution in [2.45, 2.75) is 19.8 Å². The number of ether oxygens (including phenoxy) is 1. The molecule has 1 aromatic rings. The van der Waals surface area contributed by atoms with E-state index in [1.807, 2.05) is 0 Å². The highest BCUT2D eigenvalue weighted by atomic mass is 16.5. The molecule has 0 aliphatic carbocycles. The van der Waals surface area contributed by atoms with E-state index in [4.69, 9.17) is 9.26 Å². The van der Waals surface area contributed by atoms with Gasteiger partial charge in [0.2, 0.25) is 0 Å². The van der Waals surface area contributed by atoms with Crippen LogP contribution >= 0.6 is 0 Å². The highest BCUT2D eigenvalue weighted by Gasteiger charge is 2.29. The normalized spacial score (nSPS) is 19.1. The number of methoxy groups -OCH3 is 1. The fraction of sp³-hybridized carbons (Fsp3) is 0.583. The SMILES string of the molecule is COC(=O)C1CCCN(C(=O)Nc2cc(C)on2)C1. The lowest BCUT2D eigenvalue weighted by molar-refractivity contribution is -0.146. The second-order valence-electron chi connectivity index (χ2n) is 4.56. The zero-order valence-electron chi connectivity index (χ0n) is 11.0. The Morgan fingerprint density at radius 2 is 2.37 bits per heavy atom. The van der Waals surface area contributed by atoms with Crippen molar-refractivity contribution in [3.05, 3.63) is 11.8 Å². The summed E-state index contributed by atoms with van der Waals surface area (Å²) in [5.41, 5.74) is 0. The molecule has 104 valence electrons. The average molecular weight is 267 g/mol. The van der Waals surface area contributed by atoms with Crippen LogP contribution in [0.25, 0.3) is 0 Å². The maximum Gasteiger partial charge on any atom is 0.323 e. The molecule has 0 radical (unpaired) electrons. The number of rotatable bonds is 2. The van der Waals surface area contributed by atoms with E-state index >= 15 is 0 Å². The molecule has 0 spiro atoms. The summed E-state index contributed by atoms with van der Waals surface area (Å²) < 4.78 is 9.59. The van der Waals surface area contributed by atoms with Crippen LogP contribution in [0.1, 0.15) is 18.6 Å². The van der Waals surface area contributed by atoms with Crippen molar-refractivity contribution >= 4 is 17.8 Å². The number of piperidine rings is 1. The van der Waals surface area contributed by atoms with Gasteiger partial charge in [0, 0.05) is 19.2 Å². The minimum absolute atomic E-state index is 0.247. The molecule has 1 aliphatic heterocycles. The summed E-state index contributed by atoms with van der Waals surface area (Å²) in [4.78, 5) is 25.1. The first kappa shape index (κ1) is 13.4. The molecule has 1 fully saturated rings. The summed E-state index contributed by atoms with van der Waals surface area (Å²) in [6.07, 6.45) is 1.53. The second-order valence-corrected chi connectivity index (χ2v) is 4.56. The molecule has 0 saturated carbocycles. The van der Waals surface area contributed by atoms with Crippen molar-refractivity contribution in [3.8, 4) is 0 Å². The Morgan fingerprint density at radius 1 is 1.58 bits per heavy atom. The van der Waals surface area contributed by atoms with Gasteiger partial charge in [0.1, 0.15) is 5.76 Å². The van der Waals surface area contributed by atoms with E-state index in [0.29, 0.717) is 24.7 Å². The van der Waals surface area contributed by atoms with Gasteiger partial charge in [-0.3, -0.25) is 10.1 Å². The Morgan fingerprint density at radius 3 is 3.00 bits per heavy atom. The van der Waals surface area contributed by atoms with Crippen molar-refractivity contribution in [2.24, 2.45) is 5.92 Å². The van der Waals surface area contributed by atoms with Crippen LogP contribution in [0.15, 0.2) is 10.6 Å². The third-order valence-electron chi connectivity index (χ3n) is 3.11. The van der Waals surface area contributed by atoms with Crippen LogP contribution in [0, 0.1) is 12.8 Å². The van der Waals surface area contributed by atoms with Gasteiger partial charge in [-0.1, -0.05) is 5.16 Å². The predicted molar refractivity (Wildman–Crippen MR) is 66.6 cm³/mol. The molecule has 1 aliphatic rings. The molecule has 1 saturated heterocycles. The number of anilines is 1. The summed E-state index contributed by atoms with van der Waals surface area (Å²) in [6, 6.07) is 1.36. The first-order chi connectivity index (χ1) is 9.10. The number of likely N-dealkylation sites (tertiary alicyclic amines) is 1. The summed E-state index contributed by atoms with van der Waals surface area (Å²) in [6.45, 7) is 2.74. The third-order valence-corrected chi connectivity index (χ3v) is 3.11. The lowest BCUT2D eigenvalue weighted by Crippen LogP contribution is -2.44. The van der Waals surface area contributed by atoms with Crippen molar-refractivity contribution in [2.75, 3.05) is 25.5 Å². The van der Waals surface area contributed by atoms with Crippen LogP contribution in [0.2, 0.25) is 0 Å². The van der Waals surface area contributed by atoms with Gasteiger partial charge in [0.15, 0.2) is 5.82 Å². The number of nitrogens with one attached hydrogen (secondary N) is 1. The van der Waals surface area contributed by atoms with E-state index in [0.717, 1.165) is 12.8 Å². The molecule has 0 bridgehead atoms. The lowest BCUT2D eigenvalue weighted by atomic mass is 9.98. The standard InChI is InChI=1S/C12H17N3O4/c1-8-6-10(14-19-8)13-12(17)15-5-3-4-9(7-15)11(16)18-2/h6,9H,3-5,7H2,1-2H3,(H,13,14,17). The van der Waals surface area contributed by atoms with Gasteiger partial charge >= 0.3 is 12.0 Å². The van der Waals surface area contributed by atoms with Gasteiger partial charge in [-0.05, 0) is 19.8 Å². The van der Waals surface area contributed by atoms with Gasteiger partial charge in [-0.15, -0.1) is 0 Å². The number of nitrogens with zero attached hydrogens (tertiary/aromatic N) is 2. The first-order valence-electron chi connectivity index (χ1n) is 6.17. The molecule has 2 amide bonds. The van der Waals surface area contributed by atoms with Gasteiger partial charge in [0.05, 0.1) is 13.0 Å². The molecule has 0 aromatic carbocycles. The number of aromatic nitrogens is 1. The largest absolute Gasteiger partial charge is 0.469 e. The van der Waals surface area contributed by atoms with Crippen LogP contribution in [-0.4, -0.2) is 42.3 Å². The average Bonchev–Trinajstić information content (AvgIpc) is 2.83. The van der Waals surface area contributed by atoms with E-state index in [1.54, 1.807) is 17.9 Å². The van der Waals surface area contributed by atoms with Crippen LogP contribution in [0.5, 0.6) is 0 Å². The Labute approximate surface area is 110 Å². The molecule has 7 heteroatoms. The van der Waals surface area contributed by atoms with Gasteiger partial charge in [-0.25, -0.2) is 4.79 Å². The number of carbonyl (C=O) groups is 2. The van der Waals surface area contributed by atoms with Crippen molar-refractivity contribution in [1.82, 2.24) is 10.1 Å². The predicted octanol–water partition coefficient (Wildman–Crippen LogP) is 1.40. The topological polar surface area (TPSA) is 84.7 Å². The number of urea groups is 1. The molecule has 2 rings (SSSR count). The first-order valence-corrected chi connectivity index (χ1v) is 6.17. The number of esters is 1. The van der Waals surface area contributed by atoms with Gasteiger partial charge < -0.3 is 14.2 Å². The zero-order valence-corrected chi connectivity index (χ0v) is 11.0. The zero-order chi connectivity index (χ0) is 13.8. The highest BCUT2D eigenvalue weighted by Crippen LogP contribution is 2.18. The smallest absolute Gasteiger partial charge is 0.323 e. The van der Waals surface area contributed by atoms with E-state index in [-0.39, 0.29) is 17.9 Å². The molecular formula is C12H17N3O4. The summed E-state index contributed by atoms with van der Waals surface area (Å²) in [7, 11) is 1.36. The van der Waals surface area contributed by atoms with Crippen molar-refractivity contribution < 1.29 is 18.8 Å². The number of hydrogen-bond donors (Lipinski definition) is 1. The maximum atomic E-state index is 12.0. The Bertz CT molecular complexity index is 471. The molecule has 1 atom stereocenters. The van der Waals surface area contributed by atoms with E-state index in [9.17, 15) is 9.59 Å². The number of amides is 2. The fourth-order valence-corrected chi connectivity index (χ4v) is 2.13. The molecule has 1 N–H and O–H groups in total. The number of carbonyl (C=O) groups excluding carboxylic acids is 2. The Hall–Kier alpha value is -2.05. The van der Waals surface area contributed by atoms with Gasteiger partial charge in [-0.2, -0.15) is 0 Å². The minimum Gasteiger partial charge on any atom is -0.469 e.